The molecule has 4 heterocycles. The first-order valence-electron chi connectivity index (χ1n) is 10.6. The minimum atomic E-state index is -1.04. The number of thiophene rings is 1. The molecule has 0 saturated carbocycles. The SMILES string of the molecule is Cc1sc2c(CCCC3CCNC3)nc(-c3ccncc3)nc2c1C#CC(C)(C)O. The number of aromatic nitrogens is 3. The molecule has 156 valence electrons. The lowest BCUT2D eigenvalue weighted by Crippen LogP contribution is -2.14. The molecule has 1 aliphatic heterocycles. The molecule has 0 amide bonds. The number of nitrogens with one attached hydrogen (secondary N) is 1. The smallest absolute Gasteiger partial charge is 0.160 e. The van der Waals surface area contributed by atoms with E-state index >= 15 is 0 Å². The molecule has 3 aromatic rings. The average molecular weight is 421 g/mol. The van der Waals surface area contributed by atoms with Gasteiger partial charge in [0.25, 0.3) is 0 Å². The van der Waals surface area contributed by atoms with Crippen LogP contribution in [0.25, 0.3) is 21.6 Å². The third-order valence-corrected chi connectivity index (χ3v) is 6.54. The lowest BCUT2D eigenvalue weighted by Gasteiger charge is -2.09. The van der Waals surface area contributed by atoms with E-state index in [9.17, 15) is 5.11 Å². The van der Waals surface area contributed by atoms with Gasteiger partial charge in [-0.2, -0.15) is 0 Å². The summed E-state index contributed by atoms with van der Waals surface area (Å²) >= 11 is 1.71. The molecule has 1 unspecified atom stereocenters. The van der Waals surface area contributed by atoms with E-state index in [2.05, 4.69) is 29.1 Å². The predicted octanol–water partition coefficient (Wildman–Crippen LogP) is 4.12. The second-order valence-corrected chi connectivity index (χ2v) is 9.73. The van der Waals surface area contributed by atoms with E-state index in [1.54, 1.807) is 37.6 Å². The van der Waals surface area contributed by atoms with Crippen molar-refractivity contribution in [1.29, 1.82) is 0 Å². The fourth-order valence-electron chi connectivity index (χ4n) is 3.83. The summed E-state index contributed by atoms with van der Waals surface area (Å²) in [5, 5.41) is 13.5. The van der Waals surface area contributed by atoms with E-state index < -0.39 is 5.60 Å². The van der Waals surface area contributed by atoms with Crippen LogP contribution in [-0.2, 0) is 6.42 Å². The van der Waals surface area contributed by atoms with Crippen molar-refractivity contribution in [2.75, 3.05) is 13.1 Å². The maximum atomic E-state index is 10.1. The molecule has 1 aliphatic rings. The zero-order chi connectivity index (χ0) is 21.1. The van der Waals surface area contributed by atoms with Crippen LogP contribution < -0.4 is 5.32 Å². The number of hydrogen-bond acceptors (Lipinski definition) is 6. The second kappa shape index (κ2) is 8.81. The third kappa shape index (κ3) is 4.86. The Bertz CT molecular complexity index is 1080. The van der Waals surface area contributed by atoms with Crippen LogP contribution in [-0.4, -0.2) is 38.7 Å². The molecule has 0 aliphatic carbocycles. The van der Waals surface area contributed by atoms with Crippen molar-refractivity contribution in [3.63, 3.8) is 0 Å². The van der Waals surface area contributed by atoms with Crippen LogP contribution in [0, 0.1) is 24.7 Å². The van der Waals surface area contributed by atoms with Gasteiger partial charge >= 0.3 is 0 Å². The molecule has 1 atom stereocenters. The van der Waals surface area contributed by atoms with Gasteiger partial charge in [0.1, 0.15) is 11.1 Å². The lowest BCUT2D eigenvalue weighted by atomic mass is 10.0. The standard InChI is InChI=1S/C24H28N4OS/c1-16-19(7-11-24(2,3)29)21-22(30-16)20(6-4-5-17-8-12-26-15-17)27-23(28-21)18-9-13-25-14-10-18/h9-10,13-14,17,26,29H,4-6,8,12,15H2,1-3H3. The minimum absolute atomic E-state index is 0.714. The van der Waals surface area contributed by atoms with Gasteiger partial charge in [-0.3, -0.25) is 4.98 Å². The Morgan fingerprint density at radius 3 is 2.77 bits per heavy atom. The van der Waals surface area contributed by atoms with Gasteiger partial charge in [-0.15, -0.1) is 11.3 Å². The van der Waals surface area contributed by atoms with Gasteiger partial charge in [0.05, 0.1) is 16.0 Å². The van der Waals surface area contributed by atoms with Crippen LogP contribution in [0.3, 0.4) is 0 Å². The largest absolute Gasteiger partial charge is 0.378 e. The average Bonchev–Trinajstić information content (AvgIpc) is 3.34. The number of nitrogens with zero attached hydrogens (tertiary/aromatic N) is 3. The number of aliphatic hydroxyl groups is 1. The Balaban J connectivity index is 1.75. The molecule has 5 nitrogen and oxygen atoms in total. The van der Waals surface area contributed by atoms with E-state index in [-0.39, 0.29) is 0 Å². The molecular weight excluding hydrogens is 392 g/mol. The molecule has 2 N–H and O–H groups in total. The van der Waals surface area contributed by atoms with Crippen LogP contribution in [0.15, 0.2) is 24.5 Å². The van der Waals surface area contributed by atoms with Gasteiger partial charge in [0.2, 0.25) is 0 Å². The summed E-state index contributed by atoms with van der Waals surface area (Å²) in [6.07, 6.45) is 8.09. The van der Waals surface area contributed by atoms with E-state index in [0.717, 1.165) is 63.8 Å². The summed E-state index contributed by atoms with van der Waals surface area (Å²) in [6, 6.07) is 3.88. The highest BCUT2D eigenvalue weighted by molar-refractivity contribution is 7.19. The van der Waals surface area contributed by atoms with Gasteiger partial charge in [-0.05, 0) is 77.6 Å². The maximum Gasteiger partial charge on any atom is 0.160 e. The Kier molecular flexibility index (Phi) is 6.14. The van der Waals surface area contributed by atoms with Crippen molar-refractivity contribution < 1.29 is 5.11 Å². The van der Waals surface area contributed by atoms with Crippen LogP contribution >= 0.6 is 11.3 Å². The Morgan fingerprint density at radius 2 is 2.07 bits per heavy atom. The molecule has 1 saturated heterocycles. The van der Waals surface area contributed by atoms with E-state index in [1.807, 2.05) is 12.1 Å². The maximum absolute atomic E-state index is 10.1. The van der Waals surface area contributed by atoms with Crippen molar-refractivity contribution in [1.82, 2.24) is 20.3 Å². The van der Waals surface area contributed by atoms with Crippen molar-refractivity contribution in [2.45, 2.75) is 52.1 Å². The molecule has 3 aromatic heterocycles. The van der Waals surface area contributed by atoms with E-state index in [0.29, 0.717) is 5.82 Å². The van der Waals surface area contributed by atoms with Gasteiger partial charge < -0.3 is 10.4 Å². The highest BCUT2D eigenvalue weighted by atomic mass is 32.1. The summed E-state index contributed by atoms with van der Waals surface area (Å²) in [7, 11) is 0. The first kappa shape index (κ1) is 20.9. The van der Waals surface area contributed by atoms with E-state index in [4.69, 9.17) is 9.97 Å². The Labute approximate surface area is 182 Å². The normalized spacial score (nSPS) is 16.6. The quantitative estimate of drug-likeness (QED) is 0.608. The summed E-state index contributed by atoms with van der Waals surface area (Å²) < 4.78 is 1.12. The lowest BCUT2D eigenvalue weighted by molar-refractivity contribution is 0.143. The topological polar surface area (TPSA) is 70.9 Å². The monoisotopic (exact) mass is 420 g/mol. The molecule has 1 fully saturated rings. The second-order valence-electron chi connectivity index (χ2n) is 8.50. The highest BCUT2D eigenvalue weighted by Gasteiger charge is 2.19. The summed E-state index contributed by atoms with van der Waals surface area (Å²) in [5.74, 6) is 7.63. The van der Waals surface area contributed by atoms with Gasteiger partial charge in [0, 0.05) is 22.8 Å². The third-order valence-electron chi connectivity index (χ3n) is 5.40. The minimum Gasteiger partial charge on any atom is -0.378 e. The van der Waals surface area contributed by atoms with Crippen molar-refractivity contribution in [3.05, 3.63) is 40.7 Å². The number of hydrogen-bond donors (Lipinski definition) is 2. The summed E-state index contributed by atoms with van der Waals surface area (Å²) in [4.78, 5) is 15.1. The van der Waals surface area contributed by atoms with Gasteiger partial charge in [-0.1, -0.05) is 11.8 Å². The first-order valence-corrected chi connectivity index (χ1v) is 11.4. The highest BCUT2D eigenvalue weighted by Crippen LogP contribution is 2.33. The fraction of sp³-hybridized carbons (Fsp3) is 0.458. The Morgan fingerprint density at radius 1 is 1.27 bits per heavy atom. The van der Waals surface area contributed by atoms with Crippen LogP contribution in [0.2, 0.25) is 0 Å². The van der Waals surface area contributed by atoms with Crippen LogP contribution in [0.1, 0.15) is 49.2 Å². The summed E-state index contributed by atoms with van der Waals surface area (Å²) in [6.45, 7) is 7.74. The molecule has 30 heavy (non-hydrogen) atoms. The molecular formula is C24H28N4OS. The zero-order valence-electron chi connectivity index (χ0n) is 17.8. The van der Waals surface area contributed by atoms with Crippen LogP contribution in [0.4, 0.5) is 0 Å². The number of rotatable bonds is 5. The van der Waals surface area contributed by atoms with Gasteiger partial charge in [0.15, 0.2) is 5.82 Å². The zero-order valence-corrected chi connectivity index (χ0v) is 18.6. The first-order chi connectivity index (χ1) is 14.4. The molecule has 0 aromatic carbocycles. The molecule has 0 bridgehead atoms. The number of fused-ring (bicyclic) bond motifs is 1. The van der Waals surface area contributed by atoms with Crippen molar-refractivity contribution >= 4 is 21.6 Å². The van der Waals surface area contributed by atoms with Crippen LogP contribution in [0.5, 0.6) is 0 Å². The molecule has 4 rings (SSSR count). The Hall–Kier alpha value is -2.33. The number of aryl methyl sites for hydroxylation is 2. The predicted molar refractivity (Wildman–Crippen MR) is 122 cm³/mol. The number of pyridine rings is 1. The summed E-state index contributed by atoms with van der Waals surface area (Å²) in [5.41, 5.74) is 2.81. The molecule has 6 heteroatoms. The molecule has 0 radical (unpaired) electrons. The van der Waals surface area contributed by atoms with Gasteiger partial charge in [-0.25, -0.2) is 9.97 Å². The molecule has 0 spiro atoms. The van der Waals surface area contributed by atoms with Crippen molar-refractivity contribution in [2.24, 2.45) is 5.92 Å². The fourth-order valence-corrected chi connectivity index (χ4v) is 4.89. The van der Waals surface area contributed by atoms with E-state index in [1.165, 1.54) is 12.8 Å². The van der Waals surface area contributed by atoms with Crippen molar-refractivity contribution in [3.8, 4) is 23.2 Å².